The molecule has 0 radical (unpaired) electrons. The van der Waals surface area contributed by atoms with Crippen LogP contribution in [0, 0.1) is 0 Å². The molecular weight excluding hydrogens is 318 g/mol. The zero-order valence-corrected chi connectivity index (χ0v) is 14.7. The number of carbonyl (C=O) groups is 1. The molecule has 3 rings (SSSR count). The van der Waals surface area contributed by atoms with Crippen LogP contribution in [0.25, 0.3) is 0 Å². The molecule has 0 spiro atoms. The molecule has 0 unspecified atom stereocenters. The van der Waals surface area contributed by atoms with Crippen molar-refractivity contribution in [3.8, 4) is 0 Å². The minimum absolute atomic E-state index is 0.438. The number of carbonyl (C=O) groups excluding carboxylic acids is 1. The third kappa shape index (κ3) is 4.28. The van der Waals surface area contributed by atoms with E-state index >= 15 is 0 Å². The van der Waals surface area contributed by atoms with E-state index in [1.807, 2.05) is 24.3 Å². The summed E-state index contributed by atoms with van der Waals surface area (Å²) >= 11 is 0. The SMILES string of the molecule is C[C@@H]1CN(Cc2ccc(C(=O)NO)cc2)C[C@H](C)N1Cc1ccco1. The fourth-order valence-electron chi connectivity index (χ4n) is 3.57. The number of hydrogen-bond acceptors (Lipinski definition) is 5. The van der Waals surface area contributed by atoms with Crippen LogP contribution in [0.1, 0.15) is 35.5 Å². The molecule has 1 amide bonds. The van der Waals surface area contributed by atoms with Gasteiger partial charge in [-0.25, -0.2) is 5.48 Å². The molecule has 2 atom stereocenters. The van der Waals surface area contributed by atoms with Crippen LogP contribution in [-0.2, 0) is 13.1 Å². The molecule has 0 bridgehead atoms. The van der Waals surface area contributed by atoms with Crippen LogP contribution in [0.4, 0.5) is 0 Å². The average molecular weight is 343 g/mol. The highest BCUT2D eigenvalue weighted by Crippen LogP contribution is 2.21. The Labute approximate surface area is 148 Å². The fourth-order valence-corrected chi connectivity index (χ4v) is 3.57. The molecule has 6 heteroatoms. The summed E-state index contributed by atoms with van der Waals surface area (Å²) < 4.78 is 5.49. The summed E-state index contributed by atoms with van der Waals surface area (Å²) in [7, 11) is 0. The third-order valence-electron chi connectivity index (χ3n) is 4.82. The smallest absolute Gasteiger partial charge is 0.274 e. The number of nitrogens with one attached hydrogen (secondary N) is 1. The number of nitrogens with zero attached hydrogens (tertiary/aromatic N) is 2. The predicted octanol–water partition coefficient (Wildman–Crippen LogP) is 2.49. The molecule has 25 heavy (non-hydrogen) atoms. The maximum atomic E-state index is 11.4. The quantitative estimate of drug-likeness (QED) is 0.645. The number of hydrogen-bond donors (Lipinski definition) is 2. The summed E-state index contributed by atoms with van der Waals surface area (Å²) in [4.78, 5) is 16.3. The van der Waals surface area contributed by atoms with E-state index in [9.17, 15) is 4.79 Å². The molecule has 1 aliphatic rings. The van der Waals surface area contributed by atoms with Gasteiger partial charge in [0.15, 0.2) is 0 Å². The molecule has 2 aromatic rings. The first-order chi connectivity index (χ1) is 12.1. The van der Waals surface area contributed by atoms with Crippen molar-refractivity contribution in [2.45, 2.75) is 39.0 Å². The van der Waals surface area contributed by atoms with E-state index < -0.39 is 5.91 Å². The van der Waals surface area contributed by atoms with Crippen molar-refractivity contribution in [2.75, 3.05) is 13.1 Å². The predicted molar refractivity (Wildman–Crippen MR) is 94.1 cm³/mol. The van der Waals surface area contributed by atoms with E-state index in [4.69, 9.17) is 9.62 Å². The van der Waals surface area contributed by atoms with Crippen LogP contribution in [0.3, 0.4) is 0 Å². The highest BCUT2D eigenvalue weighted by molar-refractivity contribution is 5.93. The Morgan fingerprint density at radius 2 is 1.84 bits per heavy atom. The van der Waals surface area contributed by atoms with Gasteiger partial charge in [0, 0.05) is 37.3 Å². The first-order valence-electron chi connectivity index (χ1n) is 8.60. The first kappa shape index (κ1) is 17.7. The molecule has 1 aliphatic heterocycles. The van der Waals surface area contributed by atoms with E-state index in [1.165, 1.54) is 0 Å². The molecule has 1 aromatic heterocycles. The fraction of sp³-hybridized carbons (Fsp3) is 0.421. The van der Waals surface area contributed by atoms with Gasteiger partial charge in [0.2, 0.25) is 0 Å². The molecule has 0 saturated carbocycles. The first-order valence-corrected chi connectivity index (χ1v) is 8.60. The van der Waals surface area contributed by atoms with Gasteiger partial charge >= 0.3 is 0 Å². The second-order valence-corrected chi connectivity index (χ2v) is 6.78. The van der Waals surface area contributed by atoms with Crippen LogP contribution >= 0.6 is 0 Å². The number of furan rings is 1. The molecule has 134 valence electrons. The summed E-state index contributed by atoms with van der Waals surface area (Å²) in [5, 5.41) is 8.67. The molecular formula is C19H25N3O3. The van der Waals surface area contributed by atoms with Gasteiger partial charge in [-0.05, 0) is 43.7 Å². The van der Waals surface area contributed by atoms with Crippen LogP contribution in [-0.4, -0.2) is 46.1 Å². The lowest BCUT2D eigenvalue weighted by atomic mass is 10.1. The van der Waals surface area contributed by atoms with E-state index in [1.54, 1.807) is 23.9 Å². The van der Waals surface area contributed by atoms with Crippen molar-refractivity contribution < 1.29 is 14.4 Å². The van der Waals surface area contributed by atoms with E-state index in [0.29, 0.717) is 17.6 Å². The lowest BCUT2D eigenvalue weighted by molar-refractivity contribution is 0.0246. The number of hydroxylamine groups is 1. The van der Waals surface area contributed by atoms with Gasteiger partial charge < -0.3 is 4.42 Å². The zero-order valence-electron chi connectivity index (χ0n) is 14.7. The standard InChI is InChI=1S/C19H25N3O3/c1-14-10-21(11-15(2)22(14)13-18-4-3-9-25-18)12-16-5-7-17(8-6-16)19(23)20-24/h3-9,14-15,24H,10-13H2,1-2H3,(H,20,23)/t14-,15+. The highest BCUT2D eigenvalue weighted by Gasteiger charge is 2.29. The zero-order chi connectivity index (χ0) is 17.8. The van der Waals surface area contributed by atoms with Gasteiger partial charge in [-0.15, -0.1) is 0 Å². The topological polar surface area (TPSA) is 69.0 Å². The Morgan fingerprint density at radius 3 is 2.40 bits per heavy atom. The van der Waals surface area contributed by atoms with Crippen molar-refractivity contribution in [3.63, 3.8) is 0 Å². The van der Waals surface area contributed by atoms with Crippen LogP contribution in [0.5, 0.6) is 0 Å². The molecule has 6 nitrogen and oxygen atoms in total. The van der Waals surface area contributed by atoms with Crippen molar-refractivity contribution in [1.29, 1.82) is 0 Å². The van der Waals surface area contributed by atoms with Crippen molar-refractivity contribution in [1.82, 2.24) is 15.3 Å². The number of amides is 1. The molecule has 2 N–H and O–H groups in total. The van der Waals surface area contributed by atoms with Crippen molar-refractivity contribution >= 4 is 5.91 Å². The van der Waals surface area contributed by atoms with Crippen LogP contribution < -0.4 is 5.48 Å². The lowest BCUT2D eigenvalue weighted by Gasteiger charge is -2.44. The van der Waals surface area contributed by atoms with Gasteiger partial charge in [-0.2, -0.15) is 0 Å². The number of piperazine rings is 1. The van der Waals surface area contributed by atoms with E-state index in [-0.39, 0.29) is 0 Å². The highest BCUT2D eigenvalue weighted by atomic mass is 16.5. The minimum Gasteiger partial charge on any atom is -0.468 e. The molecule has 1 aromatic carbocycles. The van der Waals surface area contributed by atoms with Gasteiger partial charge in [-0.1, -0.05) is 12.1 Å². The average Bonchev–Trinajstić information content (AvgIpc) is 3.11. The van der Waals surface area contributed by atoms with Crippen molar-refractivity contribution in [3.05, 3.63) is 59.5 Å². The molecule has 2 heterocycles. The van der Waals surface area contributed by atoms with Gasteiger partial charge in [0.25, 0.3) is 5.91 Å². The lowest BCUT2D eigenvalue weighted by Crippen LogP contribution is -2.55. The third-order valence-corrected chi connectivity index (χ3v) is 4.82. The Bertz CT molecular complexity index is 672. The minimum atomic E-state index is -0.486. The second kappa shape index (κ2) is 7.82. The maximum Gasteiger partial charge on any atom is 0.274 e. The molecule has 1 saturated heterocycles. The summed E-state index contributed by atoms with van der Waals surface area (Å²) in [6.07, 6.45) is 1.72. The maximum absolute atomic E-state index is 11.4. The van der Waals surface area contributed by atoms with E-state index in [0.717, 1.165) is 37.5 Å². The Morgan fingerprint density at radius 1 is 1.16 bits per heavy atom. The summed E-state index contributed by atoms with van der Waals surface area (Å²) in [5.74, 6) is 0.519. The molecule has 0 aliphatic carbocycles. The number of benzene rings is 1. The van der Waals surface area contributed by atoms with E-state index in [2.05, 4.69) is 23.6 Å². The summed E-state index contributed by atoms with van der Waals surface area (Å²) in [6.45, 7) is 8.17. The summed E-state index contributed by atoms with van der Waals surface area (Å²) in [5.41, 5.74) is 3.27. The van der Waals surface area contributed by atoms with Crippen LogP contribution in [0.2, 0.25) is 0 Å². The Kier molecular flexibility index (Phi) is 5.53. The van der Waals surface area contributed by atoms with Crippen LogP contribution in [0.15, 0.2) is 47.1 Å². The van der Waals surface area contributed by atoms with Gasteiger partial charge in [0.05, 0.1) is 12.8 Å². The molecule has 1 fully saturated rings. The normalized spacial score (nSPS) is 22.0. The largest absolute Gasteiger partial charge is 0.468 e. The Hall–Kier alpha value is -2.15. The number of rotatable bonds is 5. The van der Waals surface area contributed by atoms with Gasteiger partial charge in [-0.3, -0.25) is 19.8 Å². The van der Waals surface area contributed by atoms with Gasteiger partial charge in [0.1, 0.15) is 5.76 Å². The summed E-state index contributed by atoms with van der Waals surface area (Å²) in [6, 6.07) is 12.2. The Balaban J connectivity index is 1.59. The second-order valence-electron chi connectivity index (χ2n) is 6.78. The van der Waals surface area contributed by atoms with Crippen molar-refractivity contribution in [2.24, 2.45) is 0 Å². The monoisotopic (exact) mass is 343 g/mol.